The Morgan fingerprint density at radius 2 is 2.15 bits per heavy atom. The standard InChI is InChI=1S/C7H8BrF3N2/c1-2-3-13-4-5(8)6(12-13)7(9,10)11/h4H,2-3H2,1H3. The highest BCUT2D eigenvalue weighted by molar-refractivity contribution is 9.10. The van der Waals surface area contributed by atoms with Crippen molar-refractivity contribution in [2.45, 2.75) is 26.1 Å². The average molecular weight is 257 g/mol. The molecule has 0 aliphatic heterocycles. The minimum atomic E-state index is -4.38. The summed E-state index contributed by atoms with van der Waals surface area (Å²) in [5.41, 5.74) is -0.860. The molecule has 2 nitrogen and oxygen atoms in total. The summed E-state index contributed by atoms with van der Waals surface area (Å²) in [5.74, 6) is 0. The van der Waals surface area contributed by atoms with Gasteiger partial charge < -0.3 is 0 Å². The van der Waals surface area contributed by atoms with Gasteiger partial charge in [-0.1, -0.05) is 6.92 Å². The van der Waals surface area contributed by atoms with E-state index >= 15 is 0 Å². The molecular formula is C7H8BrF3N2. The van der Waals surface area contributed by atoms with Gasteiger partial charge in [0.25, 0.3) is 0 Å². The lowest BCUT2D eigenvalue weighted by Crippen LogP contribution is -2.08. The quantitative estimate of drug-likeness (QED) is 0.796. The normalized spacial score (nSPS) is 12.1. The van der Waals surface area contributed by atoms with E-state index in [4.69, 9.17) is 0 Å². The SMILES string of the molecule is CCCn1cc(Br)c(C(F)(F)F)n1. The maximum absolute atomic E-state index is 12.2. The molecule has 0 fully saturated rings. The zero-order valence-corrected chi connectivity index (χ0v) is 8.48. The van der Waals surface area contributed by atoms with Crippen LogP contribution in [-0.4, -0.2) is 9.78 Å². The van der Waals surface area contributed by atoms with Crippen molar-refractivity contribution in [3.8, 4) is 0 Å². The number of aromatic nitrogens is 2. The molecule has 0 N–H and O–H groups in total. The van der Waals surface area contributed by atoms with Crippen LogP contribution in [-0.2, 0) is 12.7 Å². The minimum Gasteiger partial charge on any atom is -0.271 e. The van der Waals surface area contributed by atoms with Crippen LogP contribution >= 0.6 is 15.9 Å². The first-order valence-electron chi connectivity index (χ1n) is 3.75. The average Bonchev–Trinajstić information content (AvgIpc) is 2.30. The second-order valence-electron chi connectivity index (χ2n) is 2.59. The van der Waals surface area contributed by atoms with Gasteiger partial charge >= 0.3 is 6.18 Å². The smallest absolute Gasteiger partial charge is 0.271 e. The molecule has 0 unspecified atom stereocenters. The fourth-order valence-corrected chi connectivity index (χ4v) is 1.47. The Bertz CT molecular complexity index is 292. The fraction of sp³-hybridized carbons (Fsp3) is 0.571. The van der Waals surface area contributed by atoms with Gasteiger partial charge in [0.1, 0.15) is 0 Å². The molecule has 1 aromatic rings. The lowest BCUT2D eigenvalue weighted by Gasteiger charge is -2.01. The van der Waals surface area contributed by atoms with E-state index < -0.39 is 11.9 Å². The Balaban J connectivity index is 2.96. The lowest BCUT2D eigenvalue weighted by molar-refractivity contribution is -0.142. The van der Waals surface area contributed by atoms with Crippen LogP contribution in [0.15, 0.2) is 10.7 Å². The van der Waals surface area contributed by atoms with Gasteiger partial charge in [-0.15, -0.1) is 0 Å². The summed E-state index contributed by atoms with van der Waals surface area (Å²) in [6.45, 7) is 2.37. The van der Waals surface area contributed by atoms with E-state index in [9.17, 15) is 13.2 Å². The molecule has 0 bridgehead atoms. The number of aryl methyl sites for hydroxylation is 1. The van der Waals surface area contributed by atoms with Crippen LogP contribution in [0.4, 0.5) is 13.2 Å². The minimum absolute atomic E-state index is 0.00606. The summed E-state index contributed by atoms with van der Waals surface area (Å²) in [6, 6.07) is 0. The van der Waals surface area contributed by atoms with E-state index in [-0.39, 0.29) is 4.47 Å². The van der Waals surface area contributed by atoms with Crippen molar-refractivity contribution in [1.82, 2.24) is 9.78 Å². The molecular weight excluding hydrogens is 249 g/mol. The molecule has 0 radical (unpaired) electrons. The fourth-order valence-electron chi connectivity index (χ4n) is 0.933. The van der Waals surface area contributed by atoms with Crippen molar-refractivity contribution < 1.29 is 13.2 Å². The third-order valence-electron chi connectivity index (χ3n) is 1.44. The first kappa shape index (κ1) is 10.6. The maximum Gasteiger partial charge on any atom is 0.436 e. The topological polar surface area (TPSA) is 17.8 Å². The highest BCUT2D eigenvalue weighted by atomic mass is 79.9. The molecule has 0 saturated carbocycles. The molecule has 0 aliphatic rings. The van der Waals surface area contributed by atoms with E-state index in [1.807, 2.05) is 6.92 Å². The Kier molecular flexibility index (Phi) is 3.00. The molecule has 1 heterocycles. The van der Waals surface area contributed by atoms with E-state index in [2.05, 4.69) is 21.0 Å². The number of alkyl halides is 3. The van der Waals surface area contributed by atoms with Crippen LogP contribution in [0.2, 0.25) is 0 Å². The van der Waals surface area contributed by atoms with Crippen LogP contribution in [0, 0.1) is 0 Å². The Labute approximate surface area is 81.9 Å². The van der Waals surface area contributed by atoms with Gasteiger partial charge in [-0.05, 0) is 22.4 Å². The van der Waals surface area contributed by atoms with Crippen LogP contribution in [0.1, 0.15) is 19.0 Å². The second kappa shape index (κ2) is 3.69. The van der Waals surface area contributed by atoms with Crippen molar-refractivity contribution >= 4 is 15.9 Å². The molecule has 0 aromatic carbocycles. The van der Waals surface area contributed by atoms with Crippen molar-refractivity contribution in [2.75, 3.05) is 0 Å². The van der Waals surface area contributed by atoms with Crippen LogP contribution in [0.5, 0.6) is 0 Å². The monoisotopic (exact) mass is 256 g/mol. The van der Waals surface area contributed by atoms with Gasteiger partial charge in [-0.25, -0.2) is 0 Å². The van der Waals surface area contributed by atoms with Gasteiger partial charge in [0.15, 0.2) is 5.69 Å². The number of hydrogen-bond donors (Lipinski definition) is 0. The third-order valence-corrected chi connectivity index (χ3v) is 2.02. The lowest BCUT2D eigenvalue weighted by atomic mass is 10.4. The van der Waals surface area contributed by atoms with Crippen molar-refractivity contribution in [1.29, 1.82) is 0 Å². The van der Waals surface area contributed by atoms with E-state index in [0.29, 0.717) is 6.54 Å². The van der Waals surface area contributed by atoms with E-state index in [0.717, 1.165) is 6.42 Å². The molecule has 0 aliphatic carbocycles. The van der Waals surface area contributed by atoms with Crippen molar-refractivity contribution in [3.63, 3.8) is 0 Å². The van der Waals surface area contributed by atoms with E-state index in [1.54, 1.807) is 0 Å². The summed E-state index contributed by atoms with van der Waals surface area (Å²) in [5, 5.41) is 3.42. The second-order valence-corrected chi connectivity index (χ2v) is 3.44. The first-order valence-corrected chi connectivity index (χ1v) is 4.54. The van der Waals surface area contributed by atoms with Crippen LogP contribution < -0.4 is 0 Å². The molecule has 0 amide bonds. The summed E-state index contributed by atoms with van der Waals surface area (Å²) < 4.78 is 37.9. The predicted octanol–water partition coefficient (Wildman–Crippen LogP) is 3.07. The van der Waals surface area contributed by atoms with Crippen LogP contribution in [0.25, 0.3) is 0 Å². The number of rotatable bonds is 2. The molecule has 13 heavy (non-hydrogen) atoms. The molecule has 1 rings (SSSR count). The van der Waals surface area contributed by atoms with Gasteiger partial charge in [-0.3, -0.25) is 4.68 Å². The van der Waals surface area contributed by atoms with Gasteiger partial charge in [0, 0.05) is 12.7 Å². The summed E-state index contributed by atoms with van der Waals surface area (Å²) in [6.07, 6.45) is -2.28. The first-order chi connectivity index (χ1) is 5.95. The maximum atomic E-state index is 12.2. The third kappa shape index (κ3) is 2.46. The Morgan fingerprint density at radius 3 is 2.54 bits per heavy atom. The van der Waals surface area contributed by atoms with Gasteiger partial charge in [0.05, 0.1) is 4.47 Å². The summed E-state index contributed by atoms with van der Waals surface area (Å²) >= 11 is 2.82. The highest BCUT2D eigenvalue weighted by Crippen LogP contribution is 2.33. The number of halogens is 4. The Morgan fingerprint density at radius 1 is 1.54 bits per heavy atom. The number of nitrogens with zero attached hydrogens (tertiary/aromatic N) is 2. The molecule has 0 atom stereocenters. The van der Waals surface area contributed by atoms with Gasteiger partial charge in [-0.2, -0.15) is 18.3 Å². The van der Waals surface area contributed by atoms with Gasteiger partial charge in [0.2, 0.25) is 0 Å². The van der Waals surface area contributed by atoms with E-state index in [1.165, 1.54) is 10.9 Å². The molecule has 0 saturated heterocycles. The zero-order chi connectivity index (χ0) is 10.1. The largest absolute Gasteiger partial charge is 0.436 e. The van der Waals surface area contributed by atoms with Crippen molar-refractivity contribution in [2.24, 2.45) is 0 Å². The predicted molar refractivity (Wildman–Crippen MR) is 45.2 cm³/mol. The number of hydrogen-bond acceptors (Lipinski definition) is 1. The molecule has 74 valence electrons. The van der Waals surface area contributed by atoms with Crippen molar-refractivity contribution in [3.05, 3.63) is 16.4 Å². The Hall–Kier alpha value is -0.520. The molecule has 6 heteroatoms. The van der Waals surface area contributed by atoms with Crippen LogP contribution in [0.3, 0.4) is 0 Å². The zero-order valence-electron chi connectivity index (χ0n) is 6.90. The molecule has 1 aromatic heterocycles. The molecule has 0 spiro atoms. The summed E-state index contributed by atoms with van der Waals surface area (Å²) in [7, 11) is 0. The summed E-state index contributed by atoms with van der Waals surface area (Å²) in [4.78, 5) is 0. The highest BCUT2D eigenvalue weighted by Gasteiger charge is 2.36.